The van der Waals surface area contributed by atoms with Crippen LogP contribution in [-0.4, -0.2) is 49.0 Å². The molecule has 194 valence electrons. The summed E-state index contributed by atoms with van der Waals surface area (Å²) in [7, 11) is 1.32. The molecule has 7 heteroatoms. The van der Waals surface area contributed by atoms with Gasteiger partial charge in [-0.3, -0.25) is 9.69 Å². The van der Waals surface area contributed by atoms with Gasteiger partial charge in [0.2, 0.25) is 0 Å². The van der Waals surface area contributed by atoms with Crippen molar-refractivity contribution >= 4 is 11.9 Å². The van der Waals surface area contributed by atoms with E-state index in [1.54, 1.807) is 0 Å². The molecule has 3 aromatic rings. The Morgan fingerprint density at radius 2 is 1.41 bits per heavy atom. The number of carbonyl (C=O) groups excluding carboxylic acids is 2. The Bertz CT molecular complexity index is 1070. The summed E-state index contributed by atoms with van der Waals surface area (Å²) in [6, 6.07) is 29.2. The summed E-state index contributed by atoms with van der Waals surface area (Å²) >= 11 is 0. The van der Waals surface area contributed by atoms with Gasteiger partial charge in [0.25, 0.3) is 0 Å². The van der Waals surface area contributed by atoms with E-state index in [9.17, 15) is 9.59 Å². The zero-order valence-corrected chi connectivity index (χ0v) is 21.0. The molecule has 0 N–H and O–H groups in total. The van der Waals surface area contributed by atoms with Gasteiger partial charge in [0, 0.05) is 19.5 Å². The van der Waals surface area contributed by atoms with E-state index in [0.29, 0.717) is 25.9 Å². The third-order valence-corrected chi connectivity index (χ3v) is 6.28. The number of benzene rings is 3. The fourth-order valence-electron chi connectivity index (χ4n) is 4.34. The fraction of sp³-hybridized carbons (Fsp3) is 0.333. The monoisotopic (exact) mass is 503 g/mol. The van der Waals surface area contributed by atoms with E-state index in [4.69, 9.17) is 18.9 Å². The lowest BCUT2D eigenvalue weighted by Gasteiger charge is -2.31. The Labute approximate surface area is 217 Å². The Kier molecular flexibility index (Phi) is 9.82. The van der Waals surface area contributed by atoms with Crippen molar-refractivity contribution in [3.05, 3.63) is 108 Å². The second-order valence-corrected chi connectivity index (χ2v) is 8.97. The van der Waals surface area contributed by atoms with Crippen LogP contribution in [0.5, 0.6) is 0 Å². The molecular weight excluding hydrogens is 470 g/mol. The predicted octanol–water partition coefficient (Wildman–Crippen LogP) is 4.50. The van der Waals surface area contributed by atoms with Crippen molar-refractivity contribution in [3.8, 4) is 0 Å². The molecule has 37 heavy (non-hydrogen) atoms. The van der Waals surface area contributed by atoms with Gasteiger partial charge in [0.05, 0.1) is 13.7 Å². The molecule has 2 unspecified atom stereocenters. The number of esters is 2. The summed E-state index contributed by atoms with van der Waals surface area (Å²) in [5.74, 6) is -0.769. The van der Waals surface area contributed by atoms with E-state index in [1.165, 1.54) is 7.11 Å². The quantitative estimate of drug-likeness (QED) is 0.337. The van der Waals surface area contributed by atoms with E-state index in [1.807, 2.05) is 66.7 Å². The number of rotatable bonds is 12. The molecule has 0 spiro atoms. The standard InChI is InChI=1S/C30H33NO6/c1-34-30(33)27-22-35-28(37-27)18-17-26(29(32)36-21-25-15-9-4-10-16-25)31(19-23-11-5-2-6-12-23)20-24-13-7-3-8-14-24/h2-16,26-28H,17-22H2,1H3/t26?,27-,28?/m0/s1. The van der Waals surface area contributed by atoms with E-state index in [0.717, 1.165) is 16.7 Å². The van der Waals surface area contributed by atoms with Crippen LogP contribution >= 0.6 is 0 Å². The van der Waals surface area contributed by atoms with Crippen LogP contribution in [0.4, 0.5) is 0 Å². The molecule has 1 heterocycles. The molecule has 0 amide bonds. The highest BCUT2D eigenvalue weighted by molar-refractivity contribution is 5.76. The average molecular weight is 504 g/mol. The molecule has 0 bridgehead atoms. The molecule has 0 radical (unpaired) electrons. The van der Waals surface area contributed by atoms with Crippen molar-refractivity contribution in [3.63, 3.8) is 0 Å². The summed E-state index contributed by atoms with van der Waals surface area (Å²) < 4.78 is 22.0. The van der Waals surface area contributed by atoms with Gasteiger partial charge in [-0.1, -0.05) is 91.0 Å². The highest BCUT2D eigenvalue weighted by atomic mass is 16.7. The minimum atomic E-state index is -0.747. The highest BCUT2D eigenvalue weighted by Gasteiger charge is 2.35. The first kappa shape index (κ1) is 26.5. The molecule has 0 aliphatic carbocycles. The predicted molar refractivity (Wildman–Crippen MR) is 138 cm³/mol. The largest absolute Gasteiger partial charge is 0.467 e. The second-order valence-electron chi connectivity index (χ2n) is 8.97. The van der Waals surface area contributed by atoms with Crippen LogP contribution in [0.3, 0.4) is 0 Å². The minimum absolute atomic E-state index is 0.137. The molecule has 1 aliphatic rings. The van der Waals surface area contributed by atoms with Crippen molar-refractivity contribution in [2.45, 2.75) is 51.0 Å². The SMILES string of the molecule is COC(=O)[C@@H]1COC(CCC(C(=O)OCc2ccccc2)N(Cc2ccccc2)Cc2ccccc2)O1. The lowest BCUT2D eigenvalue weighted by atomic mass is 10.1. The van der Waals surface area contributed by atoms with Crippen LogP contribution in [0.1, 0.15) is 29.5 Å². The number of ether oxygens (including phenoxy) is 4. The molecule has 7 nitrogen and oxygen atoms in total. The number of methoxy groups -OCH3 is 1. The fourth-order valence-corrected chi connectivity index (χ4v) is 4.34. The maximum atomic E-state index is 13.5. The van der Waals surface area contributed by atoms with Gasteiger partial charge in [-0.25, -0.2) is 4.79 Å². The molecule has 1 fully saturated rings. The maximum absolute atomic E-state index is 13.5. The van der Waals surface area contributed by atoms with Crippen molar-refractivity contribution in [2.24, 2.45) is 0 Å². The van der Waals surface area contributed by atoms with Crippen LogP contribution in [0.2, 0.25) is 0 Å². The summed E-state index contributed by atoms with van der Waals surface area (Å²) in [6.45, 7) is 1.47. The Morgan fingerprint density at radius 1 is 0.865 bits per heavy atom. The Hall–Kier alpha value is -3.52. The molecule has 1 saturated heterocycles. The Morgan fingerprint density at radius 3 is 1.95 bits per heavy atom. The highest BCUT2D eigenvalue weighted by Crippen LogP contribution is 2.23. The van der Waals surface area contributed by atoms with Crippen LogP contribution < -0.4 is 0 Å². The average Bonchev–Trinajstić information content (AvgIpc) is 3.42. The third kappa shape index (κ3) is 7.98. The number of carbonyl (C=O) groups is 2. The van der Waals surface area contributed by atoms with Gasteiger partial charge in [0.1, 0.15) is 12.6 Å². The van der Waals surface area contributed by atoms with E-state index >= 15 is 0 Å². The van der Waals surface area contributed by atoms with Gasteiger partial charge in [0.15, 0.2) is 12.4 Å². The number of nitrogens with zero attached hydrogens (tertiary/aromatic N) is 1. The van der Waals surface area contributed by atoms with Gasteiger partial charge in [-0.15, -0.1) is 0 Å². The topological polar surface area (TPSA) is 74.3 Å². The minimum Gasteiger partial charge on any atom is -0.467 e. The molecule has 1 aliphatic heterocycles. The molecule has 3 aromatic carbocycles. The van der Waals surface area contributed by atoms with Gasteiger partial charge in [-0.05, 0) is 23.1 Å². The van der Waals surface area contributed by atoms with Gasteiger partial charge < -0.3 is 18.9 Å². The van der Waals surface area contributed by atoms with Crippen LogP contribution in [0, 0.1) is 0 Å². The van der Waals surface area contributed by atoms with Crippen LogP contribution in [0.25, 0.3) is 0 Å². The first-order valence-electron chi connectivity index (χ1n) is 12.5. The molecule has 0 aromatic heterocycles. The van der Waals surface area contributed by atoms with Crippen molar-refractivity contribution in [2.75, 3.05) is 13.7 Å². The molecule has 3 atom stereocenters. The molecule has 4 rings (SSSR count). The Balaban J connectivity index is 1.52. The third-order valence-electron chi connectivity index (χ3n) is 6.28. The van der Waals surface area contributed by atoms with Crippen molar-refractivity contribution in [1.29, 1.82) is 0 Å². The van der Waals surface area contributed by atoms with Crippen molar-refractivity contribution < 1.29 is 28.5 Å². The lowest BCUT2D eigenvalue weighted by molar-refractivity contribution is -0.157. The zero-order chi connectivity index (χ0) is 25.9. The second kappa shape index (κ2) is 13.7. The number of hydrogen-bond donors (Lipinski definition) is 0. The smallest absolute Gasteiger partial charge is 0.337 e. The van der Waals surface area contributed by atoms with E-state index < -0.39 is 24.4 Å². The summed E-state index contributed by atoms with van der Waals surface area (Å²) in [5, 5.41) is 0. The number of hydrogen-bond acceptors (Lipinski definition) is 7. The van der Waals surface area contributed by atoms with Gasteiger partial charge in [-0.2, -0.15) is 0 Å². The normalized spacial score (nSPS) is 17.9. The summed E-state index contributed by atoms with van der Waals surface area (Å²) in [4.78, 5) is 27.5. The summed E-state index contributed by atoms with van der Waals surface area (Å²) in [5.41, 5.74) is 3.12. The summed E-state index contributed by atoms with van der Waals surface area (Å²) in [6.07, 6.45) is -0.475. The first-order valence-corrected chi connectivity index (χ1v) is 12.5. The van der Waals surface area contributed by atoms with E-state index in [-0.39, 0.29) is 19.2 Å². The lowest BCUT2D eigenvalue weighted by Crippen LogP contribution is -2.42. The van der Waals surface area contributed by atoms with Crippen LogP contribution in [-0.2, 0) is 48.2 Å². The van der Waals surface area contributed by atoms with Crippen molar-refractivity contribution in [1.82, 2.24) is 4.90 Å². The zero-order valence-electron chi connectivity index (χ0n) is 21.0. The van der Waals surface area contributed by atoms with Gasteiger partial charge >= 0.3 is 11.9 Å². The molecule has 0 saturated carbocycles. The first-order chi connectivity index (χ1) is 18.1. The van der Waals surface area contributed by atoms with E-state index in [2.05, 4.69) is 29.2 Å². The maximum Gasteiger partial charge on any atom is 0.337 e. The molecular formula is C30H33NO6. The van der Waals surface area contributed by atoms with Crippen LogP contribution in [0.15, 0.2) is 91.0 Å².